The minimum absolute atomic E-state index is 0.0969. The molecule has 0 radical (unpaired) electrons. The summed E-state index contributed by atoms with van der Waals surface area (Å²) in [5.41, 5.74) is -1.55. The molecule has 0 aliphatic rings. The Morgan fingerprint density at radius 2 is 1.67 bits per heavy atom. The summed E-state index contributed by atoms with van der Waals surface area (Å²) in [4.78, 5) is 9.97. The van der Waals surface area contributed by atoms with Gasteiger partial charge in [0.05, 0.1) is 5.60 Å². The highest BCUT2D eigenvalue weighted by molar-refractivity contribution is 5.56. The molecule has 0 rings (SSSR count). The van der Waals surface area contributed by atoms with Crippen molar-refractivity contribution in [3.63, 3.8) is 0 Å². The van der Waals surface area contributed by atoms with Crippen molar-refractivity contribution in [2.75, 3.05) is 0 Å². The first-order valence-electron chi connectivity index (χ1n) is 3.52. The lowest BCUT2D eigenvalue weighted by molar-refractivity contribution is -0.147. The van der Waals surface area contributed by atoms with Gasteiger partial charge in [0.15, 0.2) is 6.29 Å². The number of aliphatic hydroxyl groups excluding tert-OH is 3. The van der Waals surface area contributed by atoms with E-state index in [1.807, 2.05) is 0 Å². The van der Waals surface area contributed by atoms with E-state index in [4.69, 9.17) is 20.4 Å². The van der Waals surface area contributed by atoms with Crippen LogP contribution in [0.3, 0.4) is 0 Å². The first-order valence-corrected chi connectivity index (χ1v) is 3.52. The topological polar surface area (TPSA) is 98.0 Å². The fourth-order valence-electron chi connectivity index (χ4n) is 0.685. The average molecular weight is 178 g/mol. The van der Waals surface area contributed by atoms with Crippen LogP contribution in [0.2, 0.25) is 0 Å². The third-order valence-corrected chi connectivity index (χ3v) is 1.54. The van der Waals surface area contributed by atoms with Gasteiger partial charge in [-0.15, -0.1) is 0 Å². The molecule has 0 heterocycles. The van der Waals surface area contributed by atoms with Gasteiger partial charge in [0.25, 0.3) is 0 Å². The molecule has 0 spiro atoms. The maximum absolute atomic E-state index is 9.97. The van der Waals surface area contributed by atoms with Gasteiger partial charge in [-0.05, 0) is 13.8 Å². The highest BCUT2D eigenvalue weighted by atomic mass is 16.4. The van der Waals surface area contributed by atoms with E-state index in [1.165, 1.54) is 13.8 Å². The van der Waals surface area contributed by atoms with Crippen LogP contribution in [0, 0.1) is 0 Å². The highest BCUT2D eigenvalue weighted by Crippen LogP contribution is 2.13. The second-order valence-electron chi connectivity index (χ2n) is 3.22. The van der Waals surface area contributed by atoms with Crippen molar-refractivity contribution >= 4 is 6.29 Å². The predicted molar refractivity (Wildman–Crippen MR) is 40.4 cm³/mol. The van der Waals surface area contributed by atoms with E-state index in [9.17, 15) is 4.79 Å². The lowest BCUT2D eigenvalue weighted by Crippen LogP contribution is -2.50. The Morgan fingerprint density at radius 3 is 1.92 bits per heavy atom. The van der Waals surface area contributed by atoms with E-state index in [2.05, 4.69) is 0 Å². The second-order valence-corrected chi connectivity index (χ2v) is 3.22. The Morgan fingerprint density at radius 1 is 1.25 bits per heavy atom. The fourth-order valence-corrected chi connectivity index (χ4v) is 0.685. The zero-order chi connectivity index (χ0) is 9.94. The molecular weight excluding hydrogens is 164 g/mol. The van der Waals surface area contributed by atoms with Crippen molar-refractivity contribution in [3.05, 3.63) is 0 Å². The first-order chi connectivity index (χ1) is 5.30. The van der Waals surface area contributed by atoms with E-state index in [1.54, 1.807) is 0 Å². The van der Waals surface area contributed by atoms with Crippen LogP contribution in [0.1, 0.15) is 13.8 Å². The van der Waals surface area contributed by atoms with Crippen molar-refractivity contribution in [1.29, 1.82) is 0 Å². The van der Waals surface area contributed by atoms with Crippen molar-refractivity contribution in [1.82, 2.24) is 0 Å². The largest absolute Gasteiger partial charge is 0.388 e. The fraction of sp³-hybridized carbons (Fsp3) is 0.857. The zero-order valence-corrected chi connectivity index (χ0v) is 7.01. The van der Waals surface area contributed by atoms with Gasteiger partial charge in [0.1, 0.15) is 18.3 Å². The van der Waals surface area contributed by atoms with Crippen LogP contribution in [0.25, 0.3) is 0 Å². The number of carbonyl (C=O) groups excluding carboxylic acids is 1. The number of aliphatic hydroxyl groups is 4. The molecule has 4 N–H and O–H groups in total. The summed E-state index contributed by atoms with van der Waals surface area (Å²) in [7, 11) is 0. The summed E-state index contributed by atoms with van der Waals surface area (Å²) in [6, 6.07) is 0. The second kappa shape index (κ2) is 3.95. The van der Waals surface area contributed by atoms with Crippen molar-refractivity contribution in [2.24, 2.45) is 0 Å². The monoisotopic (exact) mass is 178 g/mol. The van der Waals surface area contributed by atoms with Crippen LogP contribution in [-0.2, 0) is 4.79 Å². The minimum Gasteiger partial charge on any atom is -0.388 e. The Kier molecular flexibility index (Phi) is 3.79. The number of rotatable bonds is 4. The van der Waals surface area contributed by atoms with E-state index in [0.717, 1.165) is 0 Å². The molecule has 72 valence electrons. The molecule has 5 heteroatoms. The van der Waals surface area contributed by atoms with Gasteiger partial charge in [0.2, 0.25) is 0 Å². The van der Waals surface area contributed by atoms with Crippen LogP contribution in [0.4, 0.5) is 0 Å². The molecule has 0 bridgehead atoms. The number of aldehydes is 1. The van der Waals surface area contributed by atoms with Gasteiger partial charge in [-0.1, -0.05) is 0 Å². The van der Waals surface area contributed by atoms with Gasteiger partial charge < -0.3 is 25.2 Å². The molecule has 5 nitrogen and oxygen atoms in total. The molecule has 0 amide bonds. The molecule has 0 aliphatic heterocycles. The van der Waals surface area contributed by atoms with Gasteiger partial charge >= 0.3 is 0 Å². The number of hydrogen-bond acceptors (Lipinski definition) is 5. The molecular formula is C7H14O5. The molecule has 0 saturated heterocycles. The van der Waals surface area contributed by atoms with E-state index in [-0.39, 0.29) is 6.29 Å². The lowest BCUT2D eigenvalue weighted by Gasteiger charge is -2.29. The molecule has 0 aromatic rings. The number of hydrogen-bond donors (Lipinski definition) is 4. The van der Waals surface area contributed by atoms with Gasteiger partial charge in [-0.25, -0.2) is 0 Å². The summed E-state index contributed by atoms with van der Waals surface area (Å²) in [5.74, 6) is 0. The SMILES string of the molecule is CC(C)(O)[C@@H](O)[C@H](O)[C@H](O)C=O. The highest BCUT2D eigenvalue weighted by Gasteiger charge is 2.35. The third-order valence-electron chi connectivity index (χ3n) is 1.54. The molecule has 12 heavy (non-hydrogen) atoms. The van der Waals surface area contributed by atoms with Crippen molar-refractivity contribution in [3.8, 4) is 0 Å². The average Bonchev–Trinajstić information content (AvgIpc) is 1.98. The maximum atomic E-state index is 9.97. The van der Waals surface area contributed by atoms with Crippen LogP contribution in [-0.4, -0.2) is 50.6 Å². The summed E-state index contributed by atoms with van der Waals surface area (Å²) < 4.78 is 0. The molecule has 0 fully saturated rings. The quantitative estimate of drug-likeness (QED) is 0.375. The summed E-state index contributed by atoms with van der Waals surface area (Å²) >= 11 is 0. The van der Waals surface area contributed by atoms with E-state index < -0.39 is 23.9 Å². The molecule has 0 aliphatic carbocycles. The Labute approximate surface area is 70.3 Å². The Hall–Kier alpha value is -0.490. The number of carbonyl (C=O) groups is 1. The van der Waals surface area contributed by atoms with Gasteiger partial charge in [-0.3, -0.25) is 0 Å². The molecule has 0 aromatic carbocycles. The molecule has 3 atom stereocenters. The van der Waals surface area contributed by atoms with Crippen LogP contribution >= 0.6 is 0 Å². The summed E-state index contributed by atoms with van der Waals surface area (Å²) in [5, 5.41) is 36.1. The van der Waals surface area contributed by atoms with Crippen LogP contribution in [0.5, 0.6) is 0 Å². The van der Waals surface area contributed by atoms with E-state index >= 15 is 0 Å². The standard InChI is InChI=1S/C7H14O5/c1-7(2,12)6(11)5(10)4(9)3-8/h3-6,9-12H,1-2H3/t4-,5-,6+/m1/s1. The van der Waals surface area contributed by atoms with Crippen molar-refractivity contribution < 1.29 is 25.2 Å². The van der Waals surface area contributed by atoms with Crippen LogP contribution < -0.4 is 0 Å². The van der Waals surface area contributed by atoms with E-state index in [0.29, 0.717) is 0 Å². The minimum atomic E-state index is -1.67. The predicted octanol–water partition coefficient (Wildman–Crippen LogP) is -1.96. The van der Waals surface area contributed by atoms with Gasteiger partial charge in [-0.2, -0.15) is 0 Å². The Bertz CT molecular complexity index is 150. The molecule has 0 saturated carbocycles. The zero-order valence-electron chi connectivity index (χ0n) is 7.01. The van der Waals surface area contributed by atoms with Crippen LogP contribution in [0.15, 0.2) is 0 Å². The van der Waals surface area contributed by atoms with Gasteiger partial charge in [0, 0.05) is 0 Å². The third kappa shape index (κ3) is 2.86. The lowest BCUT2D eigenvalue weighted by atomic mass is 9.94. The summed E-state index contributed by atoms with van der Waals surface area (Å²) in [6.07, 6.45) is -4.80. The Balaban J connectivity index is 4.28. The first kappa shape index (κ1) is 11.5. The summed E-state index contributed by atoms with van der Waals surface area (Å²) in [6.45, 7) is 2.52. The normalized spacial score (nSPS) is 19.8. The van der Waals surface area contributed by atoms with Crippen molar-refractivity contribution in [2.45, 2.75) is 37.8 Å². The molecule has 0 aromatic heterocycles. The smallest absolute Gasteiger partial charge is 0.151 e. The molecule has 0 unspecified atom stereocenters. The maximum Gasteiger partial charge on any atom is 0.151 e.